The Morgan fingerprint density at radius 2 is 2.11 bits per heavy atom. The SMILES string of the molecule is Nc1cc(Cl)c(NCCSC(F)(F)F)c(C(=O)O)c1. The van der Waals surface area contributed by atoms with E-state index >= 15 is 0 Å². The number of hydrogen-bond donors (Lipinski definition) is 3. The van der Waals surface area contributed by atoms with Gasteiger partial charge in [-0.15, -0.1) is 0 Å². The standard InChI is InChI=1S/C10H10ClF3N2O2S/c11-7-4-5(15)3-6(9(17)18)8(7)16-1-2-19-10(12,13)14/h3-4,16H,1-2,15H2,(H,17,18). The summed E-state index contributed by atoms with van der Waals surface area (Å²) in [5, 5.41) is 11.6. The molecule has 1 aromatic rings. The first-order valence-corrected chi connectivity index (χ1v) is 6.34. The number of nitrogens with one attached hydrogen (secondary N) is 1. The van der Waals surface area contributed by atoms with Crippen LogP contribution in [-0.2, 0) is 0 Å². The average molecular weight is 315 g/mol. The molecule has 0 radical (unpaired) electrons. The Labute approximate surface area is 116 Å². The van der Waals surface area contributed by atoms with E-state index in [1.165, 1.54) is 12.1 Å². The van der Waals surface area contributed by atoms with Crippen LogP contribution in [-0.4, -0.2) is 28.9 Å². The van der Waals surface area contributed by atoms with Gasteiger partial charge in [0.1, 0.15) is 0 Å². The summed E-state index contributed by atoms with van der Waals surface area (Å²) in [6.07, 6.45) is 0. The fourth-order valence-corrected chi connectivity index (χ4v) is 2.05. The van der Waals surface area contributed by atoms with Gasteiger partial charge in [-0.1, -0.05) is 11.6 Å². The number of aromatic carboxylic acids is 1. The Morgan fingerprint density at radius 3 is 2.63 bits per heavy atom. The summed E-state index contributed by atoms with van der Waals surface area (Å²) in [5.41, 5.74) is 1.18. The normalized spacial score (nSPS) is 11.4. The van der Waals surface area contributed by atoms with Gasteiger partial charge in [0.25, 0.3) is 0 Å². The van der Waals surface area contributed by atoms with Crippen molar-refractivity contribution in [1.29, 1.82) is 0 Å². The minimum absolute atomic E-state index is 0.0504. The number of nitrogen functional groups attached to an aromatic ring is 1. The molecule has 0 saturated heterocycles. The Hall–Kier alpha value is -1.28. The van der Waals surface area contributed by atoms with Crippen LogP contribution in [0, 0.1) is 0 Å². The van der Waals surface area contributed by atoms with Crippen LogP contribution >= 0.6 is 23.4 Å². The van der Waals surface area contributed by atoms with Crippen LogP contribution < -0.4 is 11.1 Å². The molecule has 0 saturated carbocycles. The number of carboxylic acids is 1. The summed E-state index contributed by atoms with van der Waals surface area (Å²) in [5.74, 6) is -1.52. The van der Waals surface area contributed by atoms with E-state index in [0.717, 1.165) is 0 Å². The van der Waals surface area contributed by atoms with Crippen molar-refractivity contribution in [3.63, 3.8) is 0 Å². The number of rotatable bonds is 5. The highest BCUT2D eigenvalue weighted by Crippen LogP contribution is 2.31. The molecule has 0 atom stereocenters. The van der Waals surface area contributed by atoms with Gasteiger partial charge in [-0.25, -0.2) is 4.79 Å². The molecule has 19 heavy (non-hydrogen) atoms. The molecule has 106 valence electrons. The number of carboxylic acid groups (broad SMARTS) is 1. The fourth-order valence-electron chi connectivity index (χ4n) is 1.32. The number of halogens is 4. The lowest BCUT2D eigenvalue weighted by molar-refractivity contribution is -0.0327. The molecule has 0 aromatic heterocycles. The summed E-state index contributed by atoms with van der Waals surface area (Å²) in [6, 6.07) is 2.51. The van der Waals surface area contributed by atoms with Crippen molar-refractivity contribution in [1.82, 2.24) is 0 Å². The molecular weight excluding hydrogens is 305 g/mol. The van der Waals surface area contributed by atoms with Crippen LogP contribution in [0.2, 0.25) is 5.02 Å². The second-order valence-electron chi connectivity index (χ2n) is 3.45. The van der Waals surface area contributed by atoms with Crippen molar-refractivity contribution in [3.05, 3.63) is 22.7 Å². The van der Waals surface area contributed by atoms with E-state index in [0.29, 0.717) is 0 Å². The molecule has 4 nitrogen and oxygen atoms in total. The molecular formula is C10H10ClF3N2O2S. The highest BCUT2D eigenvalue weighted by molar-refractivity contribution is 8.00. The lowest BCUT2D eigenvalue weighted by Crippen LogP contribution is -2.13. The third-order valence-corrected chi connectivity index (χ3v) is 3.05. The molecule has 1 rings (SSSR count). The van der Waals surface area contributed by atoms with Crippen molar-refractivity contribution in [2.75, 3.05) is 23.3 Å². The molecule has 0 spiro atoms. The topological polar surface area (TPSA) is 75.3 Å². The smallest absolute Gasteiger partial charge is 0.441 e. The fraction of sp³-hybridized carbons (Fsp3) is 0.300. The molecule has 4 N–H and O–H groups in total. The minimum atomic E-state index is -4.32. The van der Waals surface area contributed by atoms with E-state index in [1.54, 1.807) is 0 Å². The molecule has 0 aliphatic rings. The lowest BCUT2D eigenvalue weighted by atomic mass is 10.1. The van der Waals surface area contributed by atoms with E-state index in [1.807, 2.05) is 0 Å². The number of carbonyl (C=O) groups is 1. The molecule has 9 heteroatoms. The summed E-state index contributed by atoms with van der Waals surface area (Å²) in [6.45, 7) is -0.0753. The van der Waals surface area contributed by atoms with E-state index in [4.69, 9.17) is 22.4 Å². The highest BCUT2D eigenvalue weighted by atomic mass is 35.5. The molecule has 0 amide bonds. The lowest BCUT2D eigenvalue weighted by Gasteiger charge is -2.12. The van der Waals surface area contributed by atoms with Crippen LogP contribution in [0.15, 0.2) is 12.1 Å². The van der Waals surface area contributed by atoms with E-state index in [-0.39, 0.29) is 46.0 Å². The zero-order chi connectivity index (χ0) is 14.6. The molecule has 0 bridgehead atoms. The Morgan fingerprint density at radius 1 is 1.47 bits per heavy atom. The van der Waals surface area contributed by atoms with Crippen molar-refractivity contribution >= 4 is 40.7 Å². The van der Waals surface area contributed by atoms with Crippen molar-refractivity contribution < 1.29 is 23.1 Å². The maximum Gasteiger partial charge on any atom is 0.441 e. The maximum atomic E-state index is 11.9. The van der Waals surface area contributed by atoms with Gasteiger partial charge in [-0.3, -0.25) is 0 Å². The summed E-state index contributed by atoms with van der Waals surface area (Å²) >= 11 is 5.61. The third-order valence-electron chi connectivity index (χ3n) is 2.01. The number of hydrogen-bond acceptors (Lipinski definition) is 4. The van der Waals surface area contributed by atoms with Gasteiger partial charge in [0.15, 0.2) is 0 Å². The zero-order valence-corrected chi connectivity index (χ0v) is 11.0. The molecule has 1 aromatic carbocycles. The number of benzene rings is 1. The number of anilines is 2. The minimum Gasteiger partial charge on any atom is -0.478 e. The van der Waals surface area contributed by atoms with Gasteiger partial charge >= 0.3 is 11.5 Å². The quantitative estimate of drug-likeness (QED) is 0.574. The van der Waals surface area contributed by atoms with Gasteiger partial charge < -0.3 is 16.2 Å². The molecule has 0 aliphatic heterocycles. The van der Waals surface area contributed by atoms with Crippen molar-refractivity contribution in [2.24, 2.45) is 0 Å². The number of alkyl halides is 3. The Bertz CT molecular complexity index is 483. The zero-order valence-electron chi connectivity index (χ0n) is 9.42. The predicted molar refractivity (Wildman–Crippen MR) is 69.8 cm³/mol. The highest BCUT2D eigenvalue weighted by Gasteiger charge is 2.27. The van der Waals surface area contributed by atoms with Gasteiger partial charge in [0, 0.05) is 18.0 Å². The Kier molecular flexibility index (Phi) is 5.19. The van der Waals surface area contributed by atoms with Gasteiger partial charge in [-0.05, 0) is 23.9 Å². The molecule has 0 fully saturated rings. The maximum absolute atomic E-state index is 11.9. The largest absolute Gasteiger partial charge is 0.478 e. The summed E-state index contributed by atoms with van der Waals surface area (Å²) < 4.78 is 35.8. The summed E-state index contributed by atoms with van der Waals surface area (Å²) in [7, 11) is 0. The van der Waals surface area contributed by atoms with Gasteiger partial charge in [0.2, 0.25) is 0 Å². The summed E-state index contributed by atoms with van der Waals surface area (Å²) in [4.78, 5) is 11.0. The van der Waals surface area contributed by atoms with E-state index in [9.17, 15) is 18.0 Å². The molecule has 0 aliphatic carbocycles. The number of nitrogens with two attached hydrogens (primary N) is 1. The van der Waals surface area contributed by atoms with Crippen LogP contribution in [0.3, 0.4) is 0 Å². The first-order valence-electron chi connectivity index (χ1n) is 4.97. The first kappa shape index (κ1) is 15.8. The molecule has 0 heterocycles. The van der Waals surface area contributed by atoms with Crippen molar-refractivity contribution in [2.45, 2.75) is 5.51 Å². The van der Waals surface area contributed by atoms with Crippen molar-refractivity contribution in [3.8, 4) is 0 Å². The van der Waals surface area contributed by atoms with Crippen LogP contribution in [0.5, 0.6) is 0 Å². The first-order chi connectivity index (χ1) is 8.70. The Balaban J connectivity index is 2.75. The second kappa shape index (κ2) is 6.25. The molecule has 0 unspecified atom stereocenters. The number of thioether (sulfide) groups is 1. The van der Waals surface area contributed by atoms with E-state index < -0.39 is 11.5 Å². The van der Waals surface area contributed by atoms with E-state index in [2.05, 4.69) is 5.32 Å². The predicted octanol–water partition coefficient (Wildman–Crippen LogP) is 3.29. The van der Waals surface area contributed by atoms with Gasteiger partial charge in [0.05, 0.1) is 16.3 Å². The van der Waals surface area contributed by atoms with Gasteiger partial charge in [-0.2, -0.15) is 13.2 Å². The second-order valence-corrected chi connectivity index (χ2v) is 5.02. The van der Waals surface area contributed by atoms with Crippen LogP contribution in [0.4, 0.5) is 24.5 Å². The third kappa shape index (κ3) is 5.07. The average Bonchev–Trinajstić information content (AvgIpc) is 2.24. The monoisotopic (exact) mass is 314 g/mol. The van der Waals surface area contributed by atoms with Crippen LogP contribution in [0.1, 0.15) is 10.4 Å². The van der Waals surface area contributed by atoms with Crippen LogP contribution in [0.25, 0.3) is 0 Å².